The lowest BCUT2D eigenvalue weighted by atomic mass is 9.97. The van der Waals surface area contributed by atoms with Crippen LogP contribution in [0.15, 0.2) is 24.3 Å². The first-order chi connectivity index (χ1) is 9.41. The Balaban J connectivity index is 2.15. The van der Waals surface area contributed by atoms with Gasteiger partial charge in [0.25, 0.3) is 0 Å². The van der Waals surface area contributed by atoms with E-state index in [1.165, 1.54) is 5.69 Å². The average molecular weight is 276 g/mol. The third kappa shape index (κ3) is 3.66. The smallest absolute Gasteiger partial charge is 0.119 e. The monoisotopic (exact) mass is 276 g/mol. The molecule has 1 heterocycles. The molecule has 1 aliphatic heterocycles. The second-order valence-electron chi connectivity index (χ2n) is 6.62. The lowest BCUT2D eigenvalue weighted by Gasteiger charge is -2.45. The number of nitrogens with one attached hydrogen (secondary N) is 1. The molecule has 0 bridgehead atoms. The second kappa shape index (κ2) is 6.04. The molecule has 20 heavy (non-hydrogen) atoms. The van der Waals surface area contributed by atoms with Gasteiger partial charge in [0, 0.05) is 30.4 Å². The summed E-state index contributed by atoms with van der Waals surface area (Å²) in [4.78, 5) is 2.52. The largest absolute Gasteiger partial charge is 0.491 e. The van der Waals surface area contributed by atoms with Crippen LogP contribution in [0.4, 0.5) is 5.69 Å². The van der Waals surface area contributed by atoms with Gasteiger partial charge in [-0.25, -0.2) is 0 Å². The van der Waals surface area contributed by atoms with E-state index >= 15 is 0 Å². The first kappa shape index (κ1) is 15.2. The molecule has 1 fully saturated rings. The van der Waals surface area contributed by atoms with Gasteiger partial charge in [-0.05, 0) is 58.4 Å². The standard InChI is InChI=1S/C17H28N2O/c1-6-14-11-18-17(4,5)12-19(14)15-7-9-16(10-8-15)20-13(2)3/h7-10,13-14,18H,6,11-12H2,1-5H3. The Labute approximate surface area is 123 Å². The van der Waals surface area contributed by atoms with Crippen LogP contribution in [0.25, 0.3) is 0 Å². The van der Waals surface area contributed by atoms with Gasteiger partial charge in [-0.2, -0.15) is 0 Å². The molecular formula is C17H28N2O. The maximum Gasteiger partial charge on any atom is 0.119 e. The van der Waals surface area contributed by atoms with Crippen molar-refractivity contribution in [2.24, 2.45) is 0 Å². The number of hydrogen-bond donors (Lipinski definition) is 1. The Hall–Kier alpha value is -1.22. The summed E-state index contributed by atoms with van der Waals surface area (Å²) in [5, 5.41) is 3.63. The van der Waals surface area contributed by atoms with Crippen LogP contribution < -0.4 is 15.0 Å². The van der Waals surface area contributed by atoms with Crippen LogP contribution in [-0.2, 0) is 0 Å². The molecule has 1 atom stereocenters. The van der Waals surface area contributed by atoms with Crippen LogP contribution >= 0.6 is 0 Å². The molecule has 1 aliphatic rings. The summed E-state index contributed by atoms with van der Waals surface area (Å²) in [5.41, 5.74) is 1.46. The quantitative estimate of drug-likeness (QED) is 0.911. The molecule has 0 spiro atoms. The molecule has 1 saturated heterocycles. The van der Waals surface area contributed by atoms with Crippen molar-refractivity contribution in [3.63, 3.8) is 0 Å². The zero-order chi connectivity index (χ0) is 14.8. The minimum Gasteiger partial charge on any atom is -0.491 e. The van der Waals surface area contributed by atoms with Crippen LogP contribution in [0, 0.1) is 0 Å². The topological polar surface area (TPSA) is 24.5 Å². The number of rotatable bonds is 4. The van der Waals surface area contributed by atoms with E-state index in [2.05, 4.69) is 69.1 Å². The van der Waals surface area contributed by atoms with Crippen molar-refractivity contribution in [2.75, 3.05) is 18.0 Å². The van der Waals surface area contributed by atoms with Crippen LogP contribution in [0.5, 0.6) is 5.75 Å². The summed E-state index contributed by atoms with van der Waals surface area (Å²) >= 11 is 0. The summed E-state index contributed by atoms with van der Waals surface area (Å²) in [6.07, 6.45) is 1.38. The normalized spacial score (nSPS) is 22.1. The van der Waals surface area contributed by atoms with Gasteiger partial charge in [0.05, 0.1) is 6.10 Å². The van der Waals surface area contributed by atoms with Gasteiger partial charge in [-0.3, -0.25) is 0 Å². The number of hydrogen-bond acceptors (Lipinski definition) is 3. The van der Waals surface area contributed by atoms with Gasteiger partial charge >= 0.3 is 0 Å². The molecule has 112 valence electrons. The van der Waals surface area contributed by atoms with E-state index in [1.54, 1.807) is 0 Å². The molecule has 1 unspecified atom stereocenters. The van der Waals surface area contributed by atoms with Gasteiger partial charge < -0.3 is 15.0 Å². The minimum atomic E-state index is 0.165. The van der Waals surface area contributed by atoms with E-state index < -0.39 is 0 Å². The molecule has 3 heteroatoms. The third-order valence-corrected chi connectivity index (χ3v) is 3.83. The van der Waals surface area contributed by atoms with Crippen molar-refractivity contribution >= 4 is 5.69 Å². The Bertz CT molecular complexity index is 425. The van der Waals surface area contributed by atoms with E-state index in [0.29, 0.717) is 6.04 Å². The summed E-state index contributed by atoms with van der Waals surface area (Å²) < 4.78 is 5.72. The maximum absolute atomic E-state index is 5.72. The molecule has 0 saturated carbocycles. The molecule has 1 aromatic rings. The Morgan fingerprint density at radius 3 is 2.50 bits per heavy atom. The van der Waals surface area contributed by atoms with Gasteiger partial charge in [-0.15, -0.1) is 0 Å². The van der Waals surface area contributed by atoms with E-state index in [0.717, 1.165) is 25.3 Å². The Morgan fingerprint density at radius 1 is 1.30 bits per heavy atom. The highest BCUT2D eigenvalue weighted by Crippen LogP contribution is 2.27. The first-order valence-electron chi connectivity index (χ1n) is 7.69. The van der Waals surface area contributed by atoms with Crippen molar-refractivity contribution in [3.05, 3.63) is 24.3 Å². The number of benzene rings is 1. The fraction of sp³-hybridized carbons (Fsp3) is 0.647. The SMILES string of the molecule is CCC1CNC(C)(C)CN1c1ccc(OC(C)C)cc1. The molecular weight excluding hydrogens is 248 g/mol. The highest BCUT2D eigenvalue weighted by Gasteiger charge is 2.31. The highest BCUT2D eigenvalue weighted by molar-refractivity contribution is 5.51. The number of nitrogens with zero attached hydrogens (tertiary/aromatic N) is 1. The van der Waals surface area contributed by atoms with Crippen LogP contribution in [-0.4, -0.2) is 30.8 Å². The minimum absolute atomic E-state index is 0.165. The van der Waals surface area contributed by atoms with Gasteiger partial charge in [0.1, 0.15) is 5.75 Å². The molecule has 1 N–H and O–H groups in total. The zero-order valence-corrected chi connectivity index (χ0v) is 13.4. The summed E-state index contributed by atoms with van der Waals surface area (Å²) in [7, 11) is 0. The lowest BCUT2D eigenvalue weighted by molar-refractivity contribution is 0.242. The Kier molecular flexibility index (Phi) is 4.59. The molecule has 1 aromatic carbocycles. The van der Waals surface area contributed by atoms with Crippen molar-refractivity contribution in [3.8, 4) is 5.75 Å². The molecule has 0 amide bonds. The fourth-order valence-electron chi connectivity index (χ4n) is 2.77. The van der Waals surface area contributed by atoms with Crippen LogP contribution in [0.2, 0.25) is 0 Å². The predicted molar refractivity (Wildman–Crippen MR) is 85.7 cm³/mol. The molecule has 2 rings (SSSR count). The second-order valence-corrected chi connectivity index (χ2v) is 6.62. The number of piperazine rings is 1. The third-order valence-electron chi connectivity index (χ3n) is 3.83. The Morgan fingerprint density at radius 2 is 1.95 bits per heavy atom. The van der Waals surface area contributed by atoms with E-state index in [9.17, 15) is 0 Å². The van der Waals surface area contributed by atoms with E-state index in [1.807, 2.05) is 0 Å². The highest BCUT2D eigenvalue weighted by atomic mass is 16.5. The maximum atomic E-state index is 5.72. The van der Waals surface area contributed by atoms with Gasteiger partial charge in [0.15, 0.2) is 0 Å². The van der Waals surface area contributed by atoms with Crippen molar-refractivity contribution in [1.29, 1.82) is 0 Å². The van der Waals surface area contributed by atoms with Crippen molar-refractivity contribution in [1.82, 2.24) is 5.32 Å². The molecule has 0 aromatic heterocycles. The van der Waals surface area contributed by atoms with E-state index in [-0.39, 0.29) is 11.6 Å². The summed E-state index contributed by atoms with van der Waals surface area (Å²) in [6.45, 7) is 13.0. The van der Waals surface area contributed by atoms with Gasteiger partial charge in [0.2, 0.25) is 0 Å². The lowest BCUT2D eigenvalue weighted by Crippen LogP contribution is -2.61. The molecule has 3 nitrogen and oxygen atoms in total. The molecule has 0 aliphatic carbocycles. The average Bonchev–Trinajstić information content (AvgIpc) is 2.38. The number of anilines is 1. The van der Waals surface area contributed by atoms with Gasteiger partial charge in [-0.1, -0.05) is 6.92 Å². The van der Waals surface area contributed by atoms with Crippen LogP contribution in [0.1, 0.15) is 41.0 Å². The first-order valence-corrected chi connectivity index (χ1v) is 7.69. The predicted octanol–water partition coefficient (Wildman–Crippen LogP) is 3.44. The van der Waals surface area contributed by atoms with Crippen LogP contribution in [0.3, 0.4) is 0 Å². The summed E-state index contributed by atoms with van der Waals surface area (Å²) in [5.74, 6) is 0.950. The summed E-state index contributed by atoms with van der Waals surface area (Å²) in [6, 6.07) is 9.09. The number of ether oxygens (including phenoxy) is 1. The van der Waals surface area contributed by atoms with Crippen molar-refractivity contribution < 1.29 is 4.74 Å². The molecule has 0 radical (unpaired) electrons. The van der Waals surface area contributed by atoms with E-state index in [4.69, 9.17) is 4.74 Å². The fourth-order valence-corrected chi connectivity index (χ4v) is 2.77. The zero-order valence-electron chi connectivity index (χ0n) is 13.4. The van der Waals surface area contributed by atoms with Crippen molar-refractivity contribution in [2.45, 2.75) is 58.7 Å².